The number of aromatic nitrogens is 3. The first-order valence-corrected chi connectivity index (χ1v) is 8.46. The van der Waals surface area contributed by atoms with E-state index < -0.39 is 0 Å². The summed E-state index contributed by atoms with van der Waals surface area (Å²) in [6, 6.07) is 0. The van der Waals surface area contributed by atoms with Crippen molar-refractivity contribution in [1.82, 2.24) is 20.0 Å². The van der Waals surface area contributed by atoms with Crippen molar-refractivity contribution in [2.24, 2.45) is 0 Å². The van der Waals surface area contributed by atoms with Gasteiger partial charge in [-0.25, -0.2) is 4.98 Å². The second-order valence-corrected chi connectivity index (χ2v) is 6.72. The standard InChI is InChI=1S/C15H20N4O2S/c1-4-12-16-9(2)13(22-12)15(20)19-7-5-6-11(8-19)14-17-10(3)21-18-14/h11H,4-8H2,1-3H3. The molecule has 0 bridgehead atoms. The molecule has 2 aromatic rings. The normalized spacial score (nSPS) is 18.7. The number of likely N-dealkylation sites (tertiary alicyclic amines) is 1. The van der Waals surface area contributed by atoms with Gasteiger partial charge in [-0.05, 0) is 26.2 Å². The quantitative estimate of drug-likeness (QED) is 0.869. The van der Waals surface area contributed by atoms with Gasteiger partial charge in [0.05, 0.1) is 10.7 Å². The lowest BCUT2D eigenvalue weighted by atomic mass is 9.97. The van der Waals surface area contributed by atoms with E-state index in [0.29, 0.717) is 18.3 Å². The third-order valence-electron chi connectivity index (χ3n) is 3.95. The molecule has 1 fully saturated rings. The smallest absolute Gasteiger partial charge is 0.265 e. The Labute approximate surface area is 133 Å². The maximum atomic E-state index is 12.8. The van der Waals surface area contributed by atoms with Gasteiger partial charge in [0.25, 0.3) is 5.91 Å². The molecular formula is C15H20N4O2S. The Balaban J connectivity index is 1.76. The molecule has 22 heavy (non-hydrogen) atoms. The Kier molecular flexibility index (Phi) is 4.24. The van der Waals surface area contributed by atoms with Gasteiger partial charge in [0.2, 0.25) is 5.89 Å². The minimum atomic E-state index is 0.0830. The molecule has 3 rings (SSSR count). The summed E-state index contributed by atoms with van der Waals surface area (Å²) in [7, 11) is 0. The van der Waals surface area contributed by atoms with Crippen LogP contribution in [0.1, 0.15) is 57.8 Å². The van der Waals surface area contributed by atoms with Gasteiger partial charge < -0.3 is 9.42 Å². The topological polar surface area (TPSA) is 72.1 Å². The largest absolute Gasteiger partial charge is 0.340 e. The van der Waals surface area contributed by atoms with Crippen LogP contribution in [0.2, 0.25) is 0 Å². The summed E-state index contributed by atoms with van der Waals surface area (Å²) in [5, 5.41) is 5.02. The zero-order chi connectivity index (χ0) is 15.7. The van der Waals surface area contributed by atoms with Crippen LogP contribution in [0.25, 0.3) is 0 Å². The lowest BCUT2D eigenvalue weighted by molar-refractivity contribution is 0.0707. The van der Waals surface area contributed by atoms with Crippen LogP contribution in [0.3, 0.4) is 0 Å². The number of aryl methyl sites for hydroxylation is 3. The summed E-state index contributed by atoms with van der Waals surface area (Å²) in [4.78, 5) is 24.2. The molecule has 1 aliphatic heterocycles. The number of carbonyl (C=O) groups is 1. The molecule has 0 aromatic carbocycles. The maximum Gasteiger partial charge on any atom is 0.265 e. The molecule has 6 nitrogen and oxygen atoms in total. The summed E-state index contributed by atoms with van der Waals surface area (Å²) < 4.78 is 5.06. The predicted molar refractivity (Wildman–Crippen MR) is 83.1 cm³/mol. The van der Waals surface area contributed by atoms with Crippen LogP contribution in [0.15, 0.2) is 4.52 Å². The molecule has 118 valence electrons. The van der Waals surface area contributed by atoms with Gasteiger partial charge in [0.15, 0.2) is 5.82 Å². The van der Waals surface area contributed by atoms with Crippen LogP contribution in [-0.2, 0) is 6.42 Å². The predicted octanol–water partition coefficient (Wildman–Crippen LogP) is 2.73. The number of carbonyl (C=O) groups excluding carboxylic acids is 1. The average Bonchev–Trinajstić information content (AvgIpc) is 3.12. The lowest BCUT2D eigenvalue weighted by Gasteiger charge is -2.31. The van der Waals surface area contributed by atoms with Gasteiger partial charge in [-0.3, -0.25) is 4.79 Å². The van der Waals surface area contributed by atoms with Gasteiger partial charge in [-0.1, -0.05) is 12.1 Å². The van der Waals surface area contributed by atoms with E-state index in [4.69, 9.17) is 4.52 Å². The van der Waals surface area contributed by atoms with Crippen molar-refractivity contribution in [3.05, 3.63) is 27.3 Å². The summed E-state index contributed by atoms with van der Waals surface area (Å²) in [6.45, 7) is 7.19. The monoisotopic (exact) mass is 320 g/mol. The van der Waals surface area contributed by atoms with E-state index in [1.807, 2.05) is 11.8 Å². The number of thiazole rings is 1. The lowest BCUT2D eigenvalue weighted by Crippen LogP contribution is -2.39. The fourth-order valence-corrected chi connectivity index (χ4v) is 3.77. The second-order valence-electron chi connectivity index (χ2n) is 5.64. The van der Waals surface area contributed by atoms with Crippen molar-refractivity contribution in [2.45, 2.75) is 46.0 Å². The molecular weight excluding hydrogens is 300 g/mol. The summed E-state index contributed by atoms with van der Waals surface area (Å²) in [5.41, 5.74) is 0.837. The molecule has 0 spiro atoms. The molecule has 1 unspecified atom stereocenters. The number of rotatable bonds is 3. The van der Waals surface area contributed by atoms with Crippen molar-refractivity contribution in [2.75, 3.05) is 13.1 Å². The summed E-state index contributed by atoms with van der Waals surface area (Å²) in [5.74, 6) is 1.53. The summed E-state index contributed by atoms with van der Waals surface area (Å²) >= 11 is 1.51. The Morgan fingerprint density at radius 2 is 2.23 bits per heavy atom. The van der Waals surface area contributed by atoms with Crippen molar-refractivity contribution < 1.29 is 9.32 Å². The zero-order valence-corrected chi connectivity index (χ0v) is 13.9. The van der Waals surface area contributed by atoms with Crippen molar-refractivity contribution >= 4 is 17.2 Å². The van der Waals surface area contributed by atoms with Crippen molar-refractivity contribution in [3.8, 4) is 0 Å². The van der Waals surface area contributed by atoms with E-state index in [2.05, 4.69) is 22.0 Å². The Bertz CT molecular complexity index is 679. The van der Waals surface area contributed by atoms with E-state index in [1.54, 1.807) is 6.92 Å². The Morgan fingerprint density at radius 1 is 1.41 bits per heavy atom. The Hall–Kier alpha value is -1.76. The third kappa shape index (κ3) is 2.90. The van der Waals surface area contributed by atoms with Gasteiger partial charge in [-0.2, -0.15) is 4.98 Å². The minimum absolute atomic E-state index is 0.0830. The van der Waals surface area contributed by atoms with Crippen molar-refractivity contribution in [3.63, 3.8) is 0 Å². The number of nitrogens with zero attached hydrogens (tertiary/aromatic N) is 4. The number of hydrogen-bond acceptors (Lipinski definition) is 6. The number of hydrogen-bond donors (Lipinski definition) is 0. The number of amides is 1. The molecule has 1 amide bonds. The van der Waals surface area contributed by atoms with E-state index in [1.165, 1.54) is 11.3 Å². The van der Waals surface area contributed by atoms with Gasteiger partial charge in [0.1, 0.15) is 4.88 Å². The highest BCUT2D eigenvalue weighted by molar-refractivity contribution is 7.13. The SMILES string of the molecule is CCc1nc(C)c(C(=O)N2CCCC(c3noc(C)n3)C2)s1. The molecule has 1 atom stereocenters. The molecule has 0 N–H and O–H groups in total. The van der Waals surface area contributed by atoms with Crippen LogP contribution in [-0.4, -0.2) is 39.0 Å². The van der Waals surface area contributed by atoms with Crippen LogP contribution in [0.5, 0.6) is 0 Å². The average molecular weight is 320 g/mol. The Morgan fingerprint density at radius 3 is 2.86 bits per heavy atom. The molecule has 0 radical (unpaired) electrons. The van der Waals surface area contributed by atoms with E-state index in [9.17, 15) is 4.79 Å². The van der Waals surface area contributed by atoms with Crippen LogP contribution in [0, 0.1) is 13.8 Å². The van der Waals surface area contributed by atoms with Crippen molar-refractivity contribution in [1.29, 1.82) is 0 Å². The van der Waals surface area contributed by atoms with Crippen LogP contribution < -0.4 is 0 Å². The maximum absolute atomic E-state index is 12.8. The molecule has 0 aliphatic carbocycles. The highest BCUT2D eigenvalue weighted by Gasteiger charge is 2.29. The van der Waals surface area contributed by atoms with Crippen LogP contribution >= 0.6 is 11.3 Å². The molecule has 7 heteroatoms. The summed E-state index contributed by atoms with van der Waals surface area (Å²) in [6.07, 6.45) is 2.82. The van der Waals surface area contributed by atoms with E-state index in [-0.39, 0.29) is 11.8 Å². The fraction of sp³-hybridized carbons (Fsp3) is 0.600. The van der Waals surface area contributed by atoms with Gasteiger partial charge >= 0.3 is 0 Å². The number of piperidine rings is 1. The fourth-order valence-electron chi connectivity index (χ4n) is 2.80. The first-order valence-electron chi connectivity index (χ1n) is 7.64. The second kappa shape index (κ2) is 6.16. The van der Waals surface area contributed by atoms with E-state index in [0.717, 1.165) is 41.4 Å². The van der Waals surface area contributed by atoms with Crippen LogP contribution in [0.4, 0.5) is 0 Å². The zero-order valence-electron chi connectivity index (χ0n) is 13.1. The molecule has 1 saturated heterocycles. The molecule has 1 aliphatic rings. The highest BCUT2D eigenvalue weighted by atomic mass is 32.1. The first-order chi connectivity index (χ1) is 10.6. The molecule has 2 aromatic heterocycles. The van der Waals surface area contributed by atoms with Gasteiger partial charge in [0, 0.05) is 25.9 Å². The molecule has 3 heterocycles. The minimum Gasteiger partial charge on any atom is -0.340 e. The van der Waals surface area contributed by atoms with E-state index >= 15 is 0 Å². The van der Waals surface area contributed by atoms with Gasteiger partial charge in [-0.15, -0.1) is 11.3 Å². The third-order valence-corrected chi connectivity index (χ3v) is 5.24. The molecule has 0 saturated carbocycles. The first kappa shape index (κ1) is 15.1. The highest BCUT2D eigenvalue weighted by Crippen LogP contribution is 2.28.